The summed E-state index contributed by atoms with van der Waals surface area (Å²) in [6.45, 7) is 6.18. The molecule has 0 saturated carbocycles. The minimum Gasteiger partial charge on any atom is -0.348 e. The normalized spacial score (nSPS) is 14.3. The van der Waals surface area contributed by atoms with Gasteiger partial charge in [-0.3, -0.25) is 24.8 Å². The minimum atomic E-state index is -0.758. The van der Waals surface area contributed by atoms with Gasteiger partial charge in [0.25, 0.3) is 5.91 Å². The quantitative estimate of drug-likeness (QED) is 0.305. The lowest BCUT2D eigenvalue weighted by molar-refractivity contribution is -0.133. The molecule has 4 rings (SSSR count). The average Bonchev–Trinajstić information content (AvgIpc) is 3.37. The Morgan fingerprint density at radius 2 is 1.49 bits per heavy atom. The Bertz CT molecular complexity index is 1350. The number of hydrogen-bond donors (Lipinski definition) is 3. The molecule has 0 saturated heterocycles. The molecule has 7 heteroatoms. The van der Waals surface area contributed by atoms with Crippen molar-refractivity contribution in [3.63, 3.8) is 0 Å². The lowest BCUT2D eigenvalue weighted by Crippen LogP contribution is -2.52. The second-order valence-corrected chi connectivity index (χ2v) is 11.5. The molecular weight excluding hydrogens is 512 g/mol. The molecule has 3 N–H and O–H groups in total. The first-order valence-electron chi connectivity index (χ1n) is 14.2. The summed E-state index contributed by atoms with van der Waals surface area (Å²) in [7, 11) is 0. The third kappa shape index (κ3) is 8.80. The third-order valence-corrected chi connectivity index (χ3v) is 7.11. The van der Waals surface area contributed by atoms with Gasteiger partial charge in [-0.25, -0.2) is 0 Å². The van der Waals surface area contributed by atoms with Gasteiger partial charge in [0.05, 0.1) is 5.69 Å². The van der Waals surface area contributed by atoms with Crippen LogP contribution in [0.4, 0.5) is 5.69 Å². The number of amides is 3. The maximum absolute atomic E-state index is 13.6. The molecule has 41 heavy (non-hydrogen) atoms. The SMILES string of the molecule is CC(C)(C)C(=O)NC(Cc1ccccc1)C(=O)NC(/C=C/C(=O)NN1CCc2ccccc21)CCc1ccccc1. The van der Waals surface area contributed by atoms with E-state index in [9.17, 15) is 14.4 Å². The molecule has 7 nitrogen and oxygen atoms in total. The first kappa shape index (κ1) is 29.6. The fourth-order valence-electron chi connectivity index (χ4n) is 4.73. The van der Waals surface area contributed by atoms with E-state index in [-0.39, 0.29) is 17.7 Å². The van der Waals surface area contributed by atoms with Crippen LogP contribution in [0.3, 0.4) is 0 Å². The Balaban J connectivity index is 1.47. The van der Waals surface area contributed by atoms with Crippen molar-refractivity contribution >= 4 is 23.4 Å². The van der Waals surface area contributed by atoms with E-state index in [1.807, 2.05) is 105 Å². The maximum atomic E-state index is 13.6. The highest BCUT2D eigenvalue weighted by Crippen LogP contribution is 2.25. The number of hydrogen-bond acceptors (Lipinski definition) is 4. The summed E-state index contributed by atoms with van der Waals surface area (Å²) in [5, 5.41) is 7.90. The molecule has 1 heterocycles. The van der Waals surface area contributed by atoms with Gasteiger partial charge in [-0.15, -0.1) is 0 Å². The molecule has 1 aliphatic heterocycles. The van der Waals surface area contributed by atoms with Crippen LogP contribution in [0.15, 0.2) is 97.1 Å². The molecule has 0 bridgehead atoms. The molecule has 3 aromatic carbocycles. The number of aryl methyl sites for hydroxylation is 1. The molecule has 0 spiro atoms. The van der Waals surface area contributed by atoms with Crippen molar-refractivity contribution in [3.05, 3.63) is 114 Å². The third-order valence-electron chi connectivity index (χ3n) is 7.11. The molecule has 0 fully saturated rings. The van der Waals surface area contributed by atoms with E-state index in [0.717, 1.165) is 29.7 Å². The number of hydrazine groups is 1. The van der Waals surface area contributed by atoms with Crippen molar-refractivity contribution in [1.29, 1.82) is 0 Å². The summed E-state index contributed by atoms with van der Waals surface area (Å²) < 4.78 is 0. The number of benzene rings is 3. The first-order valence-corrected chi connectivity index (χ1v) is 14.2. The summed E-state index contributed by atoms with van der Waals surface area (Å²) in [5.74, 6) is -0.749. The van der Waals surface area contributed by atoms with Crippen LogP contribution in [0.25, 0.3) is 0 Å². The maximum Gasteiger partial charge on any atom is 0.262 e. The number of para-hydroxylation sites is 1. The van der Waals surface area contributed by atoms with E-state index >= 15 is 0 Å². The monoisotopic (exact) mass is 552 g/mol. The predicted octanol–water partition coefficient (Wildman–Crippen LogP) is 4.53. The second-order valence-electron chi connectivity index (χ2n) is 11.5. The summed E-state index contributed by atoms with van der Waals surface area (Å²) in [6.07, 6.45) is 5.77. The number of fused-ring (bicyclic) bond motifs is 1. The van der Waals surface area contributed by atoms with E-state index < -0.39 is 17.5 Å². The summed E-state index contributed by atoms with van der Waals surface area (Å²) in [6, 6.07) is 26.5. The zero-order valence-electron chi connectivity index (χ0n) is 24.1. The van der Waals surface area contributed by atoms with Crippen LogP contribution in [0.1, 0.15) is 43.9 Å². The van der Waals surface area contributed by atoms with Crippen molar-refractivity contribution in [3.8, 4) is 0 Å². The molecule has 3 aromatic rings. The Labute approximate surface area is 243 Å². The van der Waals surface area contributed by atoms with Gasteiger partial charge in [-0.2, -0.15) is 0 Å². The number of nitrogens with one attached hydrogen (secondary N) is 3. The summed E-state index contributed by atoms with van der Waals surface area (Å²) in [5.41, 5.74) is 6.60. The van der Waals surface area contributed by atoms with E-state index in [0.29, 0.717) is 19.4 Å². The summed E-state index contributed by atoms with van der Waals surface area (Å²) in [4.78, 5) is 39.4. The Hall–Kier alpha value is -4.39. The average molecular weight is 553 g/mol. The first-order chi connectivity index (χ1) is 19.7. The predicted molar refractivity (Wildman–Crippen MR) is 163 cm³/mol. The number of carbonyl (C=O) groups excluding carboxylic acids is 3. The van der Waals surface area contributed by atoms with E-state index in [1.54, 1.807) is 6.08 Å². The second kappa shape index (κ2) is 13.8. The van der Waals surface area contributed by atoms with Crippen LogP contribution in [-0.4, -0.2) is 36.3 Å². The number of rotatable bonds is 11. The van der Waals surface area contributed by atoms with Gasteiger partial charge in [-0.05, 0) is 42.0 Å². The Kier molecular flexibility index (Phi) is 9.95. The lowest BCUT2D eigenvalue weighted by Gasteiger charge is -2.26. The fourth-order valence-corrected chi connectivity index (χ4v) is 4.73. The van der Waals surface area contributed by atoms with Crippen LogP contribution in [0.2, 0.25) is 0 Å². The number of carbonyl (C=O) groups is 3. The molecule has 3 amide bonds. The highest BCUT2D eigenvalue weighted by Gasteiger charge is 2.28. The highest BCUT2D eigenvalue weighted by molar-refractivity contribution is 5.91. The van der Waals surface area contributed by atoms with E-state index in [2.05, 4.69) is 22.1 Å². The Morgan fingerprint density at radius 3 is 2.17 bits per heavy atom. The largest absolute Gasteiger partial charge is 0.348 e. The smallest absolute Gasteiger partial charge is 0.262 e. The zero-order valence-corrected chi connectivity index (χ0v) is 24.1. The molecule has 2 unspecified atom stereocenters. The summed E-state index contributed by atoms with van der Waals surface area (Å²) >= 11 is 0. The standard InChI is InChI=1S/C34H40N4O3/c1-34(2,3)33(41)36-29(24-26-14-8-5-9-15-26)32(40)35-28(19-18-25-12-6-4-7-13-25)20-21-31(39)37-38-23-22-27-16-10-11-17-30(27)38/h4-17,20-21,28-29H,18-19,22-24H2,1-3H3,(H,35,40)(H,36,41)(H,37,39)/b21-20+. The highest BCUT2D eigenvalue weighted by atomic mass is 16.2. The molecule has 0 aliphatic carbocycles. The van der Waals surface area contributed by atoms with E-state index in [1.165, 1.54) is 11.6 Å². The van der Waals surface area contributed by atoms with Crippen molar-refractivity contribution in [2.75, 3.05) is 11.6 Å². The molecule has 1 aliphatic rings. The fraction of sp³-hybridized carbons (Fsp3) is 0.324. The van der Waals surface area contributed by atoms with Crippen LogP contribution in [0.5, 0.6) is 0 Å². The topological polar surface area (TPSA) is 90.5 Å². The molecule has 0 aromatic heterocycles. The molecule has 0 radical (unpaired) electrons. The lowest BCUT2D eigenvalue weighted by atomic mass is 9.94. The number of anilines is 1. The Morgan fingerprint density at radius 1 is 0.854 bits per heavy atom. The van der Waals surface area contributed by atoms with Gasteiger partial charge in [-0.1, -0.05) is 106 Å². The zero-order chi connectivity index (χ0) is 29.2. The van der Waals surface area contributed by atoms with Crippen LogP contribution >= 0.6 is 0 Å². The van der Waals surface area contributed by atoms with Crippen LogP contribution < -0.4 is 21.1 Å². The minimum absolute atomic E-state index is 0.199. The van der Waals surface area contributed by atoms with Gasteiger partial charge >= 0.3 is 0 Å². The van der Waals surface area contributed by atoms with Crippen molar-refractivity contribution in [2.24, 2.45) is 5.41 Å². The van der Waals surface area contributed by atoms with Gasteiger partial charge in [0.2, 0.25) is 11.8 Å². The van der Waals surface area contributed by atoms with Crippen molar-refractivity contribution < 1.29 is 14.4 Å². The van der Waals surface area contributed by atoms with Crippen LogP contribution in [-0.2, 0) is 33.6 Å². The van der Waals surface area contributed by atoms with Gasteiger partial charge < -0.3 is 10.6 Å². The van der Waals surface area contributed by atoms with Crippen molar-refractivity contribution in [2.45, 2.75) is 58.5 Å². The van der Waals surface area contributed by atoms with Gasteiger partial charge in [0.1, 0.15) is 6.04 Å². The molecule has 2 atom stereocenters. The molecular formula is C34H40N4O3. The van der Waals surface area contributed by atoms with E-state index in [4.69, 9.17) is 0 Å². The van der Waals surface area contributed by atoms with Gasteiger partial charge in [0, 0.05) is 30.5 Å². The van der Waals surface area contributed by atoms with Crippen molar-refractivity contribution in [1.82, 2.24) is 16.1 Å². The van der Waals surface area contributed by atoms with Crippen LogP contribution in [0, 0.1) is 5.41 Å². The van der Waals surface area contributed by atoms with Gasteiger partial charge in [0.15, 0.2) is 0 Å². The molecule has 214 valence electrons. The number of nitrogens with zero attached hydrogens (tertiary/aromatic N) is 1.